The summed E-state index contributed by atoms with van der Waals surface area (Å²) in [5, 5.41) is 3.03. The van der Waals surface area contributed by atoms with Gasteiger partial charge in [-0.05, 0) is 67.8 Å². The molecule has 0 unspecified atom stereocenters. The van der Waals surface area contributed by atoms with Gasteiger partial charge in [-0.3, -0.25) is 13.9 Å². The smallest absolute Gasteiger partial charge is 0.244 e. The number of ether oxygens (including phenoxy) is 1. The third kappa shape index (κ3) is 9.60. The summed E-state index contributed by atoms with van der Waals surface area (Å²) in [6.07, 6.45) is 2.06. The van der Waals surface area contributed by atoms with Crippen LogP contribution in [0.15, 0.2) is 83.3 Å². The lowest BCUT2D eigenvalue weighted by Gasteiger charge is -2.34. The van der Waals surface area contributed by atoms with Crippen LogP contribution < -0.4 is 14.4 Å². The molecule has 0 saturated carbocycles. The average molecular weight is 645 g/mol. The monoisotopic (exact) mass is 643 g/mol. The zero-order chi connectivity index (χ0) is 30.0. The van der Waals surface area contributed by atoms with Crippen molar-refractivity contribution in [3.63, 3.8) is 0 Å². The summed E-state index contributed by atoms with van der Waals surface area (Å²) < 4.78 is 33.2. The highest BCUT2D eigenvalue weighted by Crippen LogP contribution is 2.24. The van der Waals surface area contributed by atoms with E-state index in [1.807, 2.05) is 75.4 Å². The van der Waals surface area contributed by atoms with E-state index >= 15 is 0 Å². The van der Waals surface area contributed by atoms with Gasteiger partial charge in [-0.1, -0.05) is 65.3 Å². The Balaban J connectivity index is 2.04. The number of halogens is 1. The van der Waals surface area contributed by atoms with Gasteiger partial charge in [0.05, 0.1) is 18.6 Å². The van der Waals surface area contributed by atoms with E-state index in [0.29, 0.717) is 18.0 Å². The van der Waals surface area contributed by atoms with Crippen LogP contribution >= 0.6 is 15.9 Å². The van der Waals surface area contributed by atoms with E-state index in [0.717, 1.165) is 32.6 Å². The van der Waals surface area contributed by atoms with Gasteiger partial charge in [0.15, 0.2) is 0 Å². The molecule has 2 atom stereocenters. The normalized spacial score (nSPS) is 12.7. The standard InChI is InChI=1S/C31H38BrN3O5S/c1-5-23(3)33-31(37)29(20-24-11-8-7-9-12-24)34(21-25-13-10-14-26(32)19-25)30(36)22-35(41(4,38)39)27-15-17-28(18-16-27)40-6-2/h7-19,23,29H,5-6,20-22H2,1-4H3,(H,33,37)/t23-,29-/m1/s1. The first-order chi connectivity index (χ1) is 19.5. The van der Waals surface area contributed by atoms with Crippen molar-refractivity contribution in [2.45, 2.75) is 52.2 Å². The number of rotatable bonds is 14. The van der Waals surface area contributed by atoms with Crippen LogP contribution in [0.5, 0.6) is 5.75 Å². The number of sulfonamides is 1. The first-order valence-corrected chi connectivity index (χ1v) is 16.2. The molecule has 0 aromatic heterocycles. The lowest BCUT2D eigenvalue weighted by molar-refractivity contribution is -0.140. The number of hydrogen-bond donors (Lipinski definition) is 1. The lowest BCUT2D eigenvalue weighted by atomic mass is 10.0. The topological polar surface area (TPSA) is 96.0 Å². The predicted octanol–water partition coefficient (Wildman–Crippen LogP) is 5.17. The average Bonchev–Trinajstić information content (AvgIpc) is 2.94. The minimum absolute atomic E-state index is 0.0973. The summed E-state index contributed by atoms with van der Waals surface area (Å²) in [6.45, 7) is 5.86. The van der Waals surface area contributed by atoms with E-state index < -0.39 is 28.5 Å². The van der Waals surface area contributed by atoms with Crippen molar-refractivity contribution in [1.29, 1.82) is 0 Å². The molecule has 2 amide bonds. The Morgan fingerprint density at radius 2 is 1.61 bits per heavy atom. The molecule has 0 radical (unpaired) electrons. The van der Waals surface area contributed by atoms with Gasteiger partial charge in [-0.15, -0.1) is 0 Å². The molecular weight excluding hydrogens is 606 g/mol. The molecule has 8 nitrogen and oxygen atoms in total. The lowest BCUT2D eigenvalue weighted by Crippen LogP contribution is -2.54. The zero-order valence-electron chi connectivity index (χ0n) is 23.9. The number of benzene rings is 3. The van der Waals surface area contributed by atoms with Crippen molar-refractivity contribution in [3.8, 4) is 5.75 Å². The highest BCUT2D eigenvalue weighted by atomic mass is 79.9. The van der Waals surface area contributed by atoms with E-state index in [-0.39, 0.29) is 24.9 Å². The first kappa shape index (κ1) is 32.1. The van der Waals surface area contributed by atoms with Gasteiger partial charge in [-0.2, -0.15) is 0 Å². The molecular formula is C31H38BrN3O5S. The number of hydrogen-bond acceptors (Lipinski definition) is 5. The molecule has 3 aromatic rings. The summed E-state index contributed by atoms with van der Waals surface area (Å²) >= 11 is 3.48. The minimum Gasteiger partial charge on any atom is -0.494 e. The van der Waals surface area contributed by atoms with Crippen molar-refractivity contribution in [2.24, 2.45) is 0 Å². The second-order valence-corrected chi connectivity index (χ2v) is 12.7. The van der Waals surface area contributed by atoms with E-state index in [1.54, 1.807) is 24.3 Å². The SMILES string of the molecule is CCOc1ccc(N(CC(=O)N(Cc2cccc(Br)c2)[C@H](Cc2ccccc2)C(=O)N[C@H](C)CC)S(C)(=O)=O)cc1. The fourth-order valence-corrected chi connectivity index (χ4v) is 5.61. The number of amides is 2. The van der Waals surface area contributed by atoms with Crippen LogP contribution in [0.2, 0.25) is 0 Å². The Morgan fingerprint density at radius 3 is 2.20 bits per heavy atom. The molecule has 0 aliphatic carbocycles. The van der Waals surface area contributed by atoms with Crippen molar-refractivity contribution >= 4 is 43.5 Å². The molecule has 1 N–H and O–H groups in total. The quantitative estimate of drug-likeness (QED) is 0.262. The molecule has 3 rings (SSSR count). The van der Waals surface area contributed by atoms with Crippen LogP contribution in [0.1, 0.15) is 38.3 Å². The van der Waals surface area contributed by atoms with Gasteiger partial charge in [0.25, 0.3) is 0 Å². The minimum atomic E-state index is -3.84. The predicted molar refractivity (Wildman–Crippen MR) is 166 cm³/mol. The number of nitrogens with zero attached hydrogens (tertiary/aromatic N) is 2. The van der Waals surface area contributed by atoms with Crippen molar-refractivity contribution in [3.05, 3.63) is 94.5 Å². The van der Waals surface area contributed by atoms with Crippen molar-refractivity contribution in [2.75, 3.05) is 23.7 Å². The molecule has 0 bridgehead atoms. The fraction of sp³-hybridized carbons (Fsp3) is 0.355. The summed E-state index contributed by atoms with van der Waals surface area (Å²) in [4.78, 5) is 29.3. The first-order valence-electron chi connectivity index (χ1n) is 13.6. The van der Waals surface area contributed by atoms with Crippen LogP contribution in [-0.4, -0.2) is 56.6 Å². The van der Waals surface area contributed by atoms with Gasteiger partial charge in [0.2, 0.25) is 21.8 Å². The van der Waals surface area contributed by atoms with E-state index in [4.69, 9.17) is 4.74 Å². The maximum atomic E-state index is 14.1. The highest BCUT2D eigenvalue weighted by molar-refractivity contribution is 9.10. The van der Waals surface area contributed by atoms with Gasteiger partial charge in [0.1, 0.15) is 18.3 Å². The van der Waals surface area contributed by atoms with E-state index in [2.05, 4.69) is 21.2 Å². The second-order valence-electron chi connectivity index (χ2n) is 9.87. The zero-order valence-corrected chi connectivity index (χ0v) is 26.3. The third-order valence-corrected chi connectivity index (χ3v) is 8.26. The number of carbonyl (C=O) groups is 2. The Morgan fingerprint density at radius 1 is 0.951 bits per heavy atom. The van der Waals surface area contributed by atoms with Crippen LogP contribution in [-0.2, 0) is 32.6 Å². The Hall–Kier alpha value is -3.37. The largest absolute Gasteiger partial charge is 0.494 e. The Kier molecular flexibility index (Phi) is 11.8. The number of carbonyl (C=O) groups excluding carboxylic acids is 2. The van der Waals surface area contributed by atoms with Crippen molar-refractivity contribution in [1.82, 2.24) is 10.2 Å². The van der Waals surface area contributed by atoms with Gasteiger partial charge in [-0.25, -0.2) is 8.42 Å². The van der Waals surface area contributed by atoms with Crippen LogP contribution in [0.4, 0.5) is 5.69 Å². The molecule has 3 aromatic carbocycles. The van der Waals surface area contributed by atoms with Crippen LogP contribution in [0.25, 0.3) is 0 Å². The molecule has 0 saturated heterocycles. The van der Waals surface area contributed by atoms with Gasteiger partial charge < -0.3 is 15.0 Å². The maximum Gasteiger partial charge on any atom is 0.244 e. The molecule has 0 fully saturated rings. The van der Waals surface area contributed by atoms with Gasteiger partial charge >= 0.3 is 0 Å². The molecule has 0 heterocycles. The molecule has 41 heavy (non-hydrogen) atoms. The Bertz CT molecular complexity index is 1400. The van der Waals surface area contributed by atoms with Crippen LogP contribution in [0, 0.1) is 0 Å². The van der Waals surface area contributed by atoms with Gasteiger partial charge in [0, 0.05) is 23.5 Å². The van der Waals surface area contributed by atoms with Crippen LogP contribution in [0.3, 0.4) is 0 Å². The maximum absolute atomic E-state index is 14.1. The molecule has 10 heteroatoms. The summed E-state index contributed by atoms with van der Waals surface area (Å²) in [5.74, 6) is -0.194. The second kappa shape index (κ2) is 15.0. The van der Waals surface area contributed by atoms with Crippen molar-refractivity contribution < 1.29 is 22.7 Å². The summed E-state index contributed by atoms with van der Waals surface area (Å²) in [7, 11) is -3.84. The summed E-state index contributed by atoms with van der Waals surface area (Å²) in [5.41, 5.74) is 2.01. The fourth-order valence-electron chi connectivity index (χ4n) is 4.32. The van der Waals surface area contributed by atoms with E-state index in [1.165, 1.54) is 4.90 Å². The van der Waals surface area contributed by atoms with E-state index in [9.17, 15) is 18.0 Å². The Labute approximate surface area is 251 Å². The molecule has 0 aliphatic heterocycles. The molecule has 0 aliphatic rings. The molecule has 0 spiro atoms. The molecule has 220 valence electrons. The highest BCUT2D eigenvalue weighted by Gasteiger charge is 2.33. The third-order valence-electron chi connectivity index (χ3n) is 6.63. The number of anilines is 1. The summed E-state index contributed by atoms with van der Waals surface area (Å²) in [6, 6.07) is 22.5. The number of nitrogens with one attached hydrogen (secondary N) is 1.